The van der Waals surface area contributed by atoms with E-state index < -0.39 is 15.8 Å². The molecule has 2 aromatic rings. The summed E-state index contributed by atoms with van der Waals surface area (Å²) in [5.74, 6) is -0.552. The van der Waals surface area contributed by atoms with Crippen molar-refractivity contribution in [2.45, 2.75) is 16.7 Å². The van der Waals surface area contributed by atoms with Gasteiger partial charge in [-0.3, -0.25) is 4.31 Å². The van der Waals surface area contributed by atoms with Gasteiger partial charge in [0.15, 0.2) is 0 Å². The fourth-order valence-corrected chi connectivity index (χ4v) is 3.89. The second-order valence-corrected chi connectivity index (χ2v) is 7.04. The van der Waals surface area contributed by atoms with Crippen molar-refractivity contribution >= 4 is 27.5 Å². The van der Waals surface area contributed by atoms with Gasteiger partial charge in [0.25, 0.3) is 10.0 Å². The first-order chi connectivity index (χ1) is 10.0. The average Bonchev–Trinajstić information content (AvgIpc) is 2.50. The van der Waals surface area contributed by atoms with Crippen molar-refractivity contribution in [1.82, 2.24) is 0 Å². The normalized spacial score (nSPS) is 11.4. The van der Waals surface area contributed by atoms with Crippen molar-refractivity contribution in [2.75, 3.05) is 17.1 Å². The van der Waals surface area contributed by atoms with E-state index in [9.17, 15) is 12.8 Å². The van der Waals surface area contributed by atoms with E-state index in [-0.39, 0.29) is 17.1 Å². The molecule has 0 aromatic heterocycles. The molecule has 3 nitrogen and oxygen atoms in total. The van der Waals surface area contributed by atoms with Crippen LogP contribution in [0.5, 0.6) is 0 Å². The largest absolute Gasteiger partial charge is 0.264 e. The maximum Gasteiger partial charge on any atom is 0.264 e. The van der Waals surface area contributed by atoms with Crippen molar-refractivity contribution in [2.24, 2.45) is 0 Å². The lowest BCUT2D eigenvalue weighted by atomic mass is 10.3. The third-order valence-corrected chi connectivity index (χ3v) is 5.70. The van der Waals surface area contributed by atoms with Gasteiger partial charge in [0, 0.05) is 11.4 Å². The number of hydrogen-bond acceptors (Lipinski definition) is 3. The van der Waals surface area contributed by atoms with Gasteiger partial charge in [-0.05, 0) is 49.6 Å². The summed E-state index contributed by atoms with van der Waals surface area (Å²) in [6.45, 7) is 1.84. The predicted octanol–water partition coefficient (Wildman–Crippen LogP) is 3.76. The van der Waals surface area contributed by atoms with Gasteiger partial charge < -0.3 is 0 Å². The van der Waals surface area contributed by atoms with Crippen LogP contribution in [0.15, 0.2) is 58.3 Å². The number of hydrogen-bond donors (Lipinski definition) is 0. The molecular weight excluding hydrogens is 309 g/mol. The predicted molar refractivity (Wildman–Crippen MR) is 84.8 cm³/mol. The van der Waals surface area contributed by atoms with E-state index >= 15 is 0 Å². The van der Waals surface area contributed by atoms with Crippen molar-refractivity contribution in [3.05, 3.63) is 54.3 Å². The maximum atomic E-state index is 13.9. The number of halogens is 1. The van der Waals surface area contributed by atoms with Gasteiger partial charge in [0.2, 0.25) is 0 Å². The standard InChI is InChI=1S/C15H16FNO2S2/c1-3-17(15-7-5-4-6-14(15)16)21(18,19)13-10-8-12(20-2)9-11-13/h4-11H,3H2,1-2H3. The fourth-order valence-electron chi connectivity index (χ4n) is 2.00. The number of nitrogens with zero attached hydrogens (tertiary/aromatic N) is 1. The van der Waals surface area contributed by atoms with Gasteiger partial charge >= 0.3 is 0 Å². The average molecular weight is 325 g/mol. The Morgan fingerprint density at radius 1 is 1.10 bits per heavy atom. The highest BCUT2D eigenvalue weighted by atomic mass is 32.2. The Balaban J connectivity index is 2.47. The van der Waals surface area contributed by atoms with Gasteiger partial charge in [-0.1, -0.05) is 12.1 Å². The SMILES string of the molecule is CCN(c1ccccc1F)S(=O)(=O)c1ccc(SC)cc1. The van der Waals surface area contributed by atoms with Crippen LogP contribution in [0.2, 0.25) is 0 Å². The molecule has 0 unspecified atom stereocenters. The number of anilines is 1. The van der Waals surface area contributed by atoms with Crippen LogP contribution in [0.3, 0.4) is 0 Å². The van der Waals surface area contributed by atoms with E-state index in [1.54, 1.807) is 37.3 Å². The Labute approximate surface area is 128 Å². The van der Waals surface area contributed by atoms with E-state index in [0.29, 0.717) is 0 Å². The van der Waals surface area contributed by atoms with Crippen LogP contribution in [0.25, 0.3) is 0 Å². The lowest BCUT2D eigenvalue weighted by Gasteiger charge is -2.23. The molecule has 21 heavy (non-hydrogen) atoms. The first-order valence-corrected chi connectivity index (χ1v) is 9.08. The zero-order valence-corrected chi connectivity index (χ0v) is 13.4. The molecule has 0 saturated carbocycles. The minimum atomic E-state index is -3.77. The highest BCUT2D eigenvalue weighted by Crippen LogP contribution is 2.27. The minimum absolute atomic E-state index is 0.0638. The summed E-state index contributed by atoms with van der Waals surface area (Å²) in [6.07, 6.45) is 1.92. The molecule has 0 fully saturated rings. The molecule has 0 heterocycles. The maximum absolute atomic E-state index is 13.9. The second-order valence-electron chi connectivity index (χ2n) is 4.30. The number of thioether (sulfide) groups is 1. The Hall–Kier alpha value is -1.53. The Kier molecular flexibility index (Phi) is 4.90. The van der Waals surface area contributed by atoms with E-state index in [4.69, 9.17) is 0 Å². The lowest BCUT2D eigenvalue weighted by molar-refractivity contribution is 0.586. The summed E-state index contributed by atoms with van der Waals surface area (Å²) < 4.78 is 40.3. The van der Waals surface area contributed by atoms with E-state index in [0.717, 1.165) is 9.20 Å². The molecular formula is C15H16FNO2S2. The summed E-state index contributed by atoms with van der Waals surface area (Å²) in [7, 11) is -3.77. The van der Waals surface area contributed by atoms with Crippen molar-refractivity contribution < 1.29 is 12.8 Å². The summed E-state index contributed by atoms with van der Waals surface area (Å²) in [5, 5.41) is 0. The molecule has 0 amide bonds. The van der Waals surface area contributed by atoms with Crippen LogP contribution in [0.1, 0.15) is 6.92 Å². The molecule has 2 rings (SSSR count). The van der Waals surface area contributed by atoms with E-state index in [2.05, 4.69) is 0 Å². The quantitative estimate of drug-likeness (QED) is 0.786. The van der Waals surface area contributed by atoms with E-state index in [1.165, 1.54) is 30.0 Å². The molecule has 0 aliphatic rings. The van der Waals surface area contributed by atoms with Crippen molar-refractivity contribution in [1.29, 1.82) is 0 Å². The number of benzene rings is 2. The molecule has 0 spiro atoms. The van der Waals surface area contributed by atoms with Gasteiger partial charge in [-0.15, -0.1) is 11.8 Å². The Morgan fingerprint density at radius 2 is 1.71 bits per heavy atom. The van der Waals surface area contributed by atoms with Crippen molar-refractivity contribution in [3.63, 3.8) is 0 Å². The summed E-state index contributed by atoms with van der Waals surface area (Å²) in [4.78, 5) is 1.13. The van der Waals surface area contributed by atoms with Crippen LogP contribution < -0.4 is 4.31 Å². The molecule has 0 N–H and O–H groups in total. The third-order valence-electron chi connectivity index (χ3n) is 3.06. The molecule has 0 radical (unpaired) electrons. The zero-order valence-electron chi connectivity index (χ0n) is 11.8. The first-order valence-electron chi connectivity index (χ1n) is 6.42. The third kappa shape index (κ3) is 3.22. The Bertz CT molecular complexity index is 715. The lowest BCUT2D eigenvalue weighted by Crippen LogP contribution is -2.31. The monoisotopic (exact) mass is 325 g/mol. The van der Waals surface area contributed by atoms with Crippen LogP contribution in [0, 0.1) is 5.82 Å². The molecule has 0 atom stereocenters. The van der Waals surface area contributed by atoms with Gasteiger partial charge in [-0.25, -0.2) is 12.8 Å². The van der Waals surface area contributed by atoms with Gasteiger partial charge in [0.1, 0.15) is 5.82 Å². The van der Waals surface area contributed by atoms with Crippen molar-refractivity contribution in [3.8, 4) is 0 Å². The molecule has 0 aliphatic heterocycles. The molecule has 6 heteroatoms. The van der Waals surface area contributed by atoms with Crippen LogP contribution in [0.4, 0.5) is 10.1 Å². The van der Waals surface area contributed by atoms with Gasteiger partial charge in [0.05, 0.1) is 10.6 Å². The molecule has 112 valence electrons. The summed E-state index contributed by atoms with van der Waals surface area (Å²) >= 11 is 1.53. The summed E-state index contributed by atoms with van der Waals surface area (Å²) in [6, 6.07) is 12.5. The molecule has 0 bridgehead atoms. The van der Waals surface area contributed by atoms with Gasteiger partial charge in [-0.2, -0.15) is 0 Å². The number of sulfonamides is 1. The van der Waals surface area contributed by atoms with Crippen LogP contribution in [-0.2, 0) is 10.0 Å². The zero-order chi connectivity index (χ0) is 15.5. The second kappa shape index (κ2) is 6.49. The molecule has 2 aromatic carbocycles. The molecule has 0 aliphatic carbocycles. The highest BCUT2D eigenvalue weighted by Gasteiger charge is 2.25. The highest BCUT2D eigenvalue weighted by molar-refractivity contribution is 7.98. The Morgan fingerprint density at radius 3 is 2.24 bits per heavy atom. The number of rotatable bonds is 5. The topological polar surface area (TPSA) is 37.4 Å². The fraction of sp³-hybridized carbons (Fsp3) is 0.200. The molecule has 0 saturated heterocycles. The van der Waals surface area contributed by atoms with E-state index in [1.807, 2.05) is 6.26 Å². The first kappa shape index (κ1) is 15.9. The van der Waals surface area contributed by atoms with Crippen LogP contribution >= 0.6 is 11.8 Å². The summed E-state index contributed by atoms with van der Waals surface area (Å²) in [5.41, 5.74) is 0.0638. The number of para-hydroxylation sites is 1. The van der Waals surface area contributed by atoms with Crippen LogP contribution in [-0.4, -0.2) is 21.2 Å². The minimum Gasteiger partial charge on any atom is -0.264 e. The smallest absolute Gasteiger partial charge is 0.264 e.